The molecular weight excluding hydrogens is 200 g/mol. The molecule has 1 amide bonds. The summed E-state index contributed by atoms with van der Waals surface area (Å²) in [6.45, 7) is 0.982. The molecule has 0 fully saturated rings. The van der Waals surface area contributed by atoms with Crippen molar-refractivity contribution in [3.8, 4) is 0 Å². The highest BCUT2D eigenvalue weighted by Crippen LogP contribution is 2.15. The lowest BCUT2D eigenvalue weighted by molar-refractivity contribution is -0.119. The van der Waals surface area contributed by atoms with E-state index >= 15 is 0 Å². The van der Waals surface area contributed by atoms with Gasteiger partial charge in [0, 0.05) is 30.9 Å². The number of hydrogen-bond acceptors (Lipinski definition) is 1. The molecule has 1 aliphatic rings. The van der Waals surface area contributed by atoms with Gasteiger partial charge in [0.1, 0.15) is 5.88 Å². The minimum atomic E-state index is -0.0725. The average molecular weight is 213 g/mol. The molecule has 2 rings (SSSR count). The minimum absolute atomic E-state index is 0.0531. The number of alkyl halides is 1. The number of aromatic nitrogens is 1. The molecule has 1 aliphatic heterocycles. The van der Waals surface area contributed by atoms with Crippen molar-refractivity contribution in [2.75, 3.05) is 5.88 Å². The van der Waals surface area contributed by atoms with Crippen LogP contribution in [0.15, 0.2) is 18.3 Å². The normalized spacial score (nSPS) is 20.2. The van der Waals surface area contributed by atoms with Crippen molar-refractivity contribution in [1.29, 1.82) is 0 Å². The van der Waals surface area contributed by atoms with E-state index in [-0.39, 0.29) is 17.8 Å². The summed E-state index contributed by atoms with van der Waals surface area (Å²) in [5.74, 6) is -0.0194. The Hall–Kier alpha value is -0.960. The van der Waals surface area contributed by atoms with E-state index in [4.69, 9.17) is 11.6 Å². The highest BCUT2D eigenvalue weighted by Gasteiger charge is 2.18. The van der Waals surface area contributed by atoms with E-state index in [0.717, 1.165) is 19.4 Å². The number of nitrogens with zero attached hydrogens (tertiary/aromatic N) is 1. The van der Waals surface area contributed by atoms with Gasteiger partial charge in [-0.15, -0.1) is 11.6 Å². The zero-order valence-corrected chi connectivity index (χ0v) is 8.63. The fourth-order valence-corrected chi connectivity index (χ4v) is 1.97. The van der Waals surface area contributed by atoms with Gasteiger partial charge in [0.25, 0.3) is 0 Å². The van der Waals surface area contributed by atoms with Gasteiger partial charge >= 0.3 is 0 Å². The molecule has 1 unspecified atom stereocenters. The lowest BCUT2D eigenvalue weighted by Crippen LogP contribution is -2.40. The summed E-state index contributed by atoms with van der Waals surface area (Å²) in [7, 11) is 0. The molecule has 3 nitrogen and oxygen atoms in total. The van der Waals surface area contributed by atoms with E-state index < -0.39 is 0 Å². The molecule has 0 aliphatic carbocycles. The molecule has 1 aromatic rings. The van der Waals surface area contributed by atoms with Crippen molar-refractivity contribution < 1.29 is 4.79 Å². The van der Waals surface area contributed by atoms with E-state index in [9.17, 15) is 4.79 Å². The van der Waals surface area contributed by atoms with Crippen LogP contribution in [-0.4, -0.2) is 22.4 Å². The third kappa shape index (κ3) is 1.93. The number of carbonyl (C=O) groups is 1. The Morgan fingerprint density at radius 2 is 2.57 bits per heavy atom. The Kier molecular flexibility index (Phi) is 2.77. The van der Waals surface area contributed by atoms with Gasteiger partial charge in [-0.3, -0.25) is 4.79 Å². The number of aryl methyl sites for hydroxylation is 1. The van der Waals surface area contributed by atoms with E-state index in [1.165, 1.54) is 5.69 Å². The maximum absolute atomic E-state index is 11.1. The lowest BCUT2D eigenvalue weighted by atomic mass is 10.0. The van der Waals surface area contributed by atoms with E-state index in [2.05, 4.69) is 22.1 Å². The number of halogens is 1. The summed E-state index contributed by atoms with van der Waals surface area (Å²) < 4.78 is 2.23. The quantitative estimate of drug-likeness (QED) is 0.734. The van der Waals surface area contributed by atoms with Crippen LogP contribution in [-0.2, 0) is 17.8 Å². The smallest absolute Gasteiger partial charge is 0.235 e. The Balaban J connectivity index is 1.97. The zero-order chi connectivity index (χ0) is 9.97. The molecule has 2 heterocycles. The molecular formula is C10H13ClN2O. The lowest BCUT2D eigenvalue weighted by Gasteiger charge is -2.24. The molecule has 1 atom stereocenters. The molecule has 0 saturated heterocycles. The number of amides is 1. The van der Waals surface area contributed by atoms with Gasteiger partial charge in [-0.05, 0) is 18.6 Å². The van der Waals surface area contributed by atoms with E-state index in [1.807, 2.05) is 6.07 Å². The minimum Gasteiger partial charge on any atom is -0.352 e. The Bertz CT molecular complexity index is 335. The molecule has 1 N–H and O–H groups in total. The predicted molar refractivity (Wildman–Crippen MR) is 55.4 cm³/mol. The second kappa shape index (κ2) is 4.05. The van der Waals surface area contributed by atoms with Gasteiger partial charge in [0.15, 0.2) is 0 Å². The molecule has 0 bridgehead atoms. The summed E-state index contributed by atoms with van der Waals surface area (Å²) >= 11 is 5.43. The van der Waals surface area contributed by atoms with Gasteiger partial charge in [0.05, 0.1) is 0 Å². The number of nitrogens with one attached hydrogen (secondary N) is 1. The first kappa shape index (κ1) is 9.59. The third-order valence-corrected chi connectivity index (χ3v) is 2.83. The highest BCUT2D eigenvalue weighted by molar-refractivity contribution is 6.27. The van der Waals surface area contributed by atoms with Crippen molar-refractivity contribution in [3.63, 3.8) is 0 Å². The van der Waals surface area contributed by atoms with Crippen LogP contribution in [0.5, 0.6) is 0 Å². The molecule has 76 valence electrons. The summed E-state index contributed by atoms with van der Waals surface area (Å²) in [5, 5.41) is 2.92. The first-order chi connectivity index (χ1) is 6.79. The van der Waals surface area contributed by atoms with Crippen molar-refractivity contribution in [2.24, 2.45) is 0 Å². The van der Waals surface area contributed by atoms with Crippen molar-refractivity contribution in [1.82, 2.24) is 9.88 Å². The Morgan fingerprint density at radius 3 is 3.36 bits per heavy atom. The second-order valence-corrected chi connectivity index (χ2v) is 3.85. The zero-order valence-electron chi connectivity index (χ0n) is 7.87. The van der Waals surface area contributed by atoms with Gasteiger partial charge < -0.3 is 9.88 Å². The summed E-state index contributed by atoms with van der Waals surface area (Å²) in [6, 6.07) is 4.39. The topological polar surface area (TPSA) is 34.0 Å². The SMILES string of the molecule is O=C(CCl)NC1CCn2cccc2C1. The van der Waals surface area contributed by atoms with Crippen molar-refractivity contribution >= 4 is 17.5 Å². The maximum Gasteiger partial charge on any atom is 0.235 e. The van der Waals surface area contributed by atoms with Gasteiger partial charge in [-0.25, -0.2) is 0 Å². The van der Waals surface area contributed by atoms with E-state index in [1.54, 1.807) is 0 Å². The third-order valence-electron chi connectivity index (χ3n) is 2.58. The first-order valence-corrected chi connectivity index (χ1v) is 5.32. The fraction of sp³-hybridized carbons (Fsp3) is 0.500. The number of carbonyl (C=O) groups excluding carboxylic acids is 1. The van der Waals surface area contributed by atoms with Gasteiger partial charge in [-0.1, -0.05) is 0 Å². The highest BCUT2D eigenvalue weighted by atomic mass is 35.5. The van der Waals surface area contributed by atoms with Crippen LogP contribution < -0.4 is 5.32 Å². The first-order valence-electron chi connectivity index (χ1n) is 4.79. The Labute approximate surface area is 88.0 Å². The number of hydrogen-bond donors (Lipinski definition) is 1. The monoisotopic (exact) mass is 212 g/mol. The molecule has 14 heavy (non-hydrogen) atoms. The van der Waals surface area contributed by atoms with Crippen LogP contribution in [0.1, 0.15) is 12.1 Å². The molecule has 4 heteroatoms. The molecule has 0 saturated carbocycles. The van der Waals surface area contributed by atoms with Crippen molar-refractivity contribution in [3.05, 3.63) is 24.0 Å². The molecule has 0 aromatic carbocycles. The number of rotatable bonds is 2. The van der Waals surface area contributed by atoms with Crippen molar-refractivity contribution in [2.45, 2.75) is 25.4 Å². The van der Waals surface area contributed by atoms with Crippen LogP contribution in [0.25, 0.3) is 0 Å². The summed E-state index contributed by atoms with van der Waals surface area (Å²) in [5.41, 5.74) is 1.29. The standard InChI is InChI=1S/C10H13ClN2O/c11-7-10(14)12-8-3-5-13-4-1-2-9(13)6-8/h1-2,4,8H,3,5-7H2,(H,12,14). The number of fused-ring (bicyclic) bond motifs is 1. The largest absolute Gasteiger partial charge is 0.352 e. The summed E-state index contributed by atoms with van der Waals surface area (Å²) in [6.07, 6.45) is 3.98. The van der Waals surface area contributed by atoms with Crippen LogP contribution >= 0.6 is 11.6 Å². The predicted octanol–water partition coefficient (Wildman–Crippen LogP) is 1.16. The molecule has 0 radical (unpaired) electrons. The van der Waals surface area contributed by atoms with E-state index in [0.29, 0.717) is 0 Å². The Morgan fingerprint density at radius 1 is 1.71 bits per heavy atom. The van der Waals surface area contributed by atoms with Crippen LogP contribution in [0.4, 0.5) is 0 Å². The van der Waals surface area contributed by atoms with Gasteiger partial charge in [0.2, 0.25) is 5.91 Å². The van der Waals surface area contributed by atoms with Crippen LogP contribution in [0.3, 0.4) is 0 Å². The maximum atomic E-state index is 11.1. The molecule has 0 spiro atoms. The second-order valence-electron chi connectivity index (χ2n) is 3.58. The van der Waals surface area contributed by atoms with Crippen LogP contribution in [0.2, 0.25) is 0 Å². The van der Waals surface area contributed by atoms with Crippen LogP contribution in [0, 0.1) is 0 Å². The summed E-state index contributed by atoms with van der Waals surface area (Å²) in [4.78, 5) is 11.1. The van der Waals surface area contributed by atoms with Gasteiger partial charge in [-0.2, -0.15) is 0 Å². The molecule has 1 aromatic heterocycles. The fourth-order valence-electron chi connectivity index (χ4n) is 1.89. The average Bonchev–Trinajstić information content (AvgIpc) is 2.64.